The summed E-state index contributed by atoms with van der Waals surface area (Å²) in [5.74, 6) is 2.15. The van der Waals surface area contributed by atoms with Crippen molar-refractivity contribution >= 4 is 11.6 Å². The first-order chi connectivity index (χ1) is 14.5. The summed E-state index contributed by atoms with van der Waals surface area (Å²) >= 11 is 0. The van der Waals surface area contributed by atoms with Gasteiger partial charge in [-0.25, -0.2) is 0 Å². The lowest BCUT2D eigenvalue weighted by atomic mass is 9.78. The molecule has 5 heteroatoms. The molecule has 5 nitrogen and oxygen atoms in total. The van der Waals surface area contributed by atoms with E-state index in [0.29, 0.717) is 19.1 Å². The van der Waals surface area contributed by atoms with Gasteiger partial charge in [0, 0.05) is 25.4 Å². The Morgan fingerprint density at radius 2 is 1.90 bits per heavy atom. The standard InChI is InChI=1S/C25H40N2O3/c1-4-16-30-25(13-5-7-20(2)18-25)24(28)26-22-9-11-23(12-10-22)29-17-15-27-14-6-8-21(3)19-27/h9-12,20-21H,4-8,13-19H2,1-3H3,(H,26,28). The van der Waals surface area contributed by atoms with Gasteiger partial charge in [0.25, 0.3) is 5.91 Å². The molecule has 1 saturated carbocycles. The average Bonchev–Trinajstić information content (AvgIpc) is 2.73. The molecule has 1 amide bonds. The van der Waals surface area contributed by atoms with Crippen LogP contribution < -0.4 is 10.1 Å². The average molecular weight is 417 g/mol. The topological polar surface area (TPSA) is 50.8 Å². The van der Waals surface area contributed by atoms with Crippen molar-refractivity contribution in [1.29, 1.82) is 0 Å². The molecule has 3 rings (SSSR count). The molecule has 2 fully saturated rings. The van der Waals surface area contributed by atoms with E-state index in [2.05, 4.69) is 31.0 Å². The first kappa shape index (κ1) is 23.1. The van der Waals surface area contributed by atoms with Crippen molar-refractivity contribution in [2.45, 2.75) is 71.3 Å². The van der Waals surface area contributed by atoms with Crippen molar-refractivity contribution in [3.8, 4) is 5.75 Å². The molecule has 1 saturated heterocycles. The zero-order valence-electron chi connectivity index (χ0n) is 19.1. The van der Waals surface area contributed by atoms with Gasteiger partial charge in [-0.2, -0.15) is 0 Å². The quantitative estimate of drug-likeness (QED) is 0.608. The van der Waals surface area contributed by atoms with Gasteiger partial charge in [-0.15, -0.1) is 0 Å². The number of benzene rings is 1. The number of likely N-dealkylation sites (tertiary alicyclic amines) is 1. The molecule has 168 valence electrons. The highest BCUT2D eigenvalue weighted by Gasteiger charge is 2.42. The van der Waals surface area contributed by atoms with Crippen LogP contribution in [-0.4, -0.2) is 49.3 Å². The Morgan fingerprint density at radius 3 is 2.60 bits per heavy atom. The lowest BCUT2D eigenvalue weighted by Crippen LogP contribution is -2.48. The van der Waals surface area contributed by atoms with Gasteiger partial charge in [0.15, 0.2) is 0 Å². The summed E-state index contributed by atoms with van der Waals surface area (Å²) in [6, 6.07) is 7.74. The van der Waals surface area contributed by atoms with Crippen LogP contribution in [0.4, 0.5) is 5.69 Å². The number of hydrogen-bond donors (Lipinski definition) is 1. The number of carbonyl (C=O) groups excluding carboxylic acids is 1. The largest absolute Gasteiger partial charge is 0.492 e. The Hall–Kier alpha value is -1.59. The van der Waals surface area contributed by atoms with E-state index in [-0.39, 0.29) is 5.91 Å². The summed E-state index contributed by atoms with van der Waals surface area (Å²) < 4.78 is 12.1. The number of anilines is 1. The third kappa shape index (κ3) is 6.45. The number of nitrogens with zero attached hydrogens (tertiary/aromatic N) is 1. The first-order valence-electron chi connectivity index (χ1n) is 11.9. The molecular weight excluding hydrogens is 376 g/mol. The van der Waals surface area contributed by atoms with Gasteiger partial charge in [0.1, 0.15) is 18.0 Å². The van der Waals surface area contributed by atoms with Gasteiger partial charge < -0.3 is 14.8 Å². The number of piperidine rings is 1. The Bertz CT molecular complexity index is 663. The van der Waals surface area contributed by atoms with Crippen LogP contribution in [0.2, 0.25) is 0 Å². The lowest BCUT2D eigenvalue weighted by molar-refractivity contribution is -0.148. The van der Waals surface area contributed by atoms with Crippen LogP contribution in [0.3, 0.4) is 0 Å². The van der Waals surface area contributed by atoms with Crippen molar-refractivity contribution < 1.29 is 14.3 Å². The van der Waals surface area contributed by atoms with Gasteiger partial charge in [-0.3, -0.25) is 9.69 Å². The maximum atomic E-state index is 13.1. The molecule has 0 radical (unpaired) electrons. The maximum absolute atomic E-state index is 13.1. The molecule has 2 aliphatic rings. The number of rotatable bonds is 9. The summed E-state index contributed by atoms with van der Waals surface area (Å²) in [5.41, 5.74) is 0.115. The number of nitrogens with one attached hydrogen (secondary N) is 1. The van der Waals surface area contributed by atoms with Crippen LogP contribution in [0.5, 0.6) is 5.75 Å². The fourth-order valence-electron chi connectivity index (χ4n) is 4.87. The molecule has 1 aliphatic heterocycles. The minimum atomic E-state index is -0.686. The molecule has 3 atom stereocenters. The molecule has 30 heavy (non-hydrogen) atoms. The van der Waals surface area contributed by atoms with E-state index in [4.69, 9.17) is 9.47 Å². The zero-order valence-corrected chi connectivity index (χ0v) is 19.1. The monoisotopic (exact) mass is 416 g/mol. The second-order valence-corrected chi connectivity index (χ2v) is 9.42. The molecule has 1 aromatic rings. The fourth-order valence-corrected chi connectivity index (χ4v) is 4.87. The summed E-state index contributed by atoms with van der Waals surface area (Å²) in [4.78, 5) is 15.6. The summed E-state index contributed by atoms with van der Waals surface area (Å²) in [6.07, 6.45) is 7.38. The Labute approximate surface area is 182 Å². The van der Waals surface area contributed by atoms with E-state index in [1.165, 1.54) is 32.4 Å². The molecule has 1 aromatic carbocycles. The van der Waals surface area contributed by atoms with E-state index in [9.17, 15) is 4.79 Å². The SMILES string of the molecule is CCCOC1(C(=O)Nc2ccc(OCCN3CCCC(C)C3)cc2)CCCC(C)C1. The predicted molar refractivity (Wildman–Crippen MR) is 122 cm³/mol. The van der Waals surface area contributed by atoms with Crippen molar-refractivity contribution in [1.82, 2.24) is 4.90 Å². The van der Waals surface area contributed by atoms with E-state index < -0.39 is 5.60 Å². The van der Waals surface area contributed by atoms with Gasteiger partial charge >= 0.3 is 0 Å². The van der Waals surface area contributed by atoms with Crippen LogP contribution in [0, 0.1) is 11.8 Å². The third-order valence-electron chi connectivity index (χ3n) is 6.48. The number of ether oxygens (including phenoxy) is 2. The van der Waals surface area contributed by atoms with E-state index in [1.54, 1.807) is 0 Å². The maximum Gasteiger partial charge on any atom is 0.256 e. The van der Waals surface area contributed by atoms with E-state index in [1.807, 2.05) is 24.3 Å². The van der Waals surface area contributed by atoms with Crippen LogP contribution in [0.25, 0.3) is 0 Å². The van der Waals surface area contributed by atoms with Gasteiger partial charge in [-0.1, -0.05) is 27.2 Å². The molecular formula is C25H40N2O3. The van der Waals surface area contributed by atoms with Gasteiger partial charge in [0.2, 0.25) is 0 Å². The number of hydrogen-bond acceptors (Lipinski definition) is 4. The number of carbonyl (C=O) groups is 1. The van der Waals surface area contributed by atoms with E-state index >= 15 is 0 Å². The summed E-state index contributed by atoms with van der Waals surface area (Å²) in [6.45, 7) is 11.3. The van der Waals surface area contributed by atoms with Crippen LogP contribution in [-0.2, 0) is 9.53 Å². The molecule has 0 aromatic heterocycles. The molecule has 1 aliphatic carbocycles. The van der Waals surface area contributed by atoms with Gasteiger partial charge in [0.05, 0.1) is 0 Å². The van der Waals surface area contributed by atoms with Crippen LogP contribution >= 0.6 is 0 Å². The van der Waals surface area contributed by atoms with Crippen molar-refractivity contribution in [2.75, 3.05) is 38.2 Å². The van der Waals surface area contributed by atoms with Gasteiger partial charge in [-0.05, 0) is 81.2 Å². The number of amides is 1. The molecule has 0 bridgehead atoms. The lowest BCUT2D eigenvalue weighted by Gasteiger charge is -2.38. The molecule has 0 spiro atoms. The minimum absolute atomic E-state index is 0.00427. The zero-order chi connectivity index (χ0) is 21.4. The molecule has 1 N–H and O–H groups in total. The van der Waals surface area contributed by atoms with Crippen LogP contribution in [0.15, 0.2) is 24.3 Å². The highest BCUT2D eigenvalue weighted by Crippen LogP contribution is 2.36. The highest BCUT2D eigenvalue weighted by molar-refractivity contribution is 5.97. The Morgan fingerprint density at radius 1 is 1.13 bits per heavy atom. The van der Waals surface area contributed by atoms with Crippen molar-refractivity contribution in [3.63, 3.8) is 0 Å². The Kier molecular flexibility index (Phi) is 8.58. The predicted octanol–water partition coefficient (Wildman–Crippen LogP) is 5.11. The van der Waals surface area contributed by atoms with Crippen molar-refractivity contribution in [3.05, 3.63) is 24.3 Å². The summed E-state index contributed by atoms with van der Waals surface area (Å²) in [7, 11) is 0. The highest BCUT2D eigenvalue weighted by atomic mass is 16.5. The normalized spacial score (nSPS) is 27.6. The Balaban J connectivity index is 1.50. The summed E-state index contributed by atoms with van der Waals surface area (Å²) in [5, 5.41) is 3.09. The fraction of sp³-hybridized carbons (Fsp3) is 0.720. The van der Waals surface area contributed by atoms with E-state index in [0.717, 1.165) is 49.6 Å². The van der Waals surface area contributed by atoms with Crippen molar-refractivity contribution in [2.24, 2.45) is 11.8 Å². The third-order valence-corrected chi connectivity index (χ3v) is 6.48. The molecule has 1 heterocycles. The molecule has 3 unspecified atom stereocenters. The smallest absolute Gasteiger partial charge is 0.256 e. The second kappa shape index (κ2) is 11.1. The van der Waals surface area contributed by atoms with Crippen LogP contribution in [0.1, 0.15) is 65.7 Å². The minimum Gasteiger partial charge on any atom is -0.492 e. The second-order valence-electron chi connectivity index (χ2n) is 9.42. The first-order valence-corrected chi connectivity index (χ1v) is 11.9.